The van der Waals surface area contributed by atoms with Crippen LogP contribution in [-0.2, 0) is 29.1 Å². The number of morpholine rings is 1. The minimum atomic E-state index is -3.70. The van der Waals surface area contributed by atoms with Crippen LogP contribution in [0, 0.1) is 0 Å². The van der Waals surface area contributed by atoms with Gasteiger partial charge in [0.15, 0.2) is 0 Å². The van der Waals surface area contributed by atoms with Crippen LogP contribution in [0.5, 0.6) is 0 Å². The normalized spacial score (nSPS) is 21.3. The van der Waals surface area contributed by atoms with E-state index >= 15 is 0 Å². The van der Waals surface area contributed by atoms with Gasteiger partial charge < -0.3 is 20.1 Å². The van der Waals surface area contributed by atoms with Crippen LogP contribution in [0.15, 0.2) is 21.7 Å². The molecule has 1 aromatic rings. The Kier molecular flexibility index (Phi) is 8.60. The van der Waals surface area contributed by atoms with Gasteiger partial charge in [0.2, 0.25) is 0 Å². The van der Waals surface area contributed by atoms with Gasteiger partial charge in [-0.3, -0.25) is 14.5 Å². The maximum Gasteiger partial charge on any atom is 0.309 e. The van der Waals surface area contributed by atoms with Gasteiger partial charge in [0.25, 0.3) is 10.0 Å². The predicted molar refractivity (Wildman–Crippen MR) is 110 cm³/mol. The highest BCUT2D eigenvalue weighted by Gasteiger charge is 2.35. The number of hydrogen-bond donors (Lipinski definition) is 2. The molecule has 2 N–H and O–H groups in total. The Morgan fingerprint density at radius 1 is 1.13 bits per heavy atom. The highest BCUT2D eigenvalue weighted by molar-refractivity contribution is 7.91. The fourth-order valence-electron chi connectivity index (χ4n) is 3.30. The largest absolute Gasteiger partial charge is 0.379 e. The Morgan fingerprint density at radius 2 is 1.90 bits per heavy atom. The van der Waals surface area contributed by atoms with Gasteiger partial charge >= 0.3 is 11.8 Å². The summed E-state index contributed by atoms with van der Waals surface area (Å²) in [7, 11) is -3.70. The van der Waals surface area contributed by atoms with E-state index in [2.05, 4.69) is 15.5 Å². The van der Waals surface area contributed by atoms with Crippen molar-refractivity contribution in [2.75, 3.05) is 59.1 Å². The first kappa shape index (κ1) is 23.1. The van der Waals surface area contributed by atoms with Gasteiger partial charge in [-0.15, -0.1) is 11.3 Å². The molecule has 30 heavy (non-hydrogen) atoms. The van der Waals surface area contributed by atoms with E-state index in [1.165, 1.54) is 10.4 Å². The van der Waals surface area contributed by atoms with Gasteiger partial charge in [-0.1, -0.05) is 6.07 Å². The lowest BCUT2D eigenvalue weighted by Crippen LogP contribution is -2.53. The standard InChI is InChI=1S/C18H28N4O6S2/c23-17(19-5-2-6-21-8-11-27-12-9-21)18(24)20-14-15-22(7-3-10-28-15)30(25,26)16-4-1-13-29-16/h1,4,13,15H,2-3,5-12,14H2,(H,19,23)(H,20,24). The van der Waals surface area contributed by atoms with Crippen molar-refractivity contribution in [1.82, 2.24) is 19.8 Å². The third-order valence-electron chi connectivity index (χ3n) is 4.90. The number of rotatable bonds is 8. The number of nitrogens with zero attached hydrogens (tertiary/aromatic N) is 2. The molecule has 3 rings (SSSR count). The van der Waals surface area contributed by atoms with Crippen LogP contribution in [-0.4, -0.2) is 94.8 Å². The van der Waals surface area contributed by atoms with E-state index in [-0.39, 0.29) is 10.8 Å². The molecule has 0 spiro atoms. The Bertz CT molecular complexity index is 796. The molecule has 0 aromatic carbocycles. The fraction of sp³-hybridized carbons (Fsp3) is 0.667. The van der Waals surface area contributed by atoms with E-state index in [9.17, 15) is 18.0 Å². The van der Waals surface area contributed by atoms with Gasteiger partial charge in [-0.25, -0.2) is 8.42 Å². The quantitative estimate of drug-likeness (QED) is 0.394. The van der Waals surface area contributed by atoms with E-state index < -0.39 is 28.1 Å². The molecule has 0 radical (unpaired) electrons. The zero-order valence-electron chi connectivity index (χ0n) is 16.7. The van der Waals surface area contributed by atoms with Gasteiger partial charge in [-0.05, 0) is 30.8 Å². The van der Waals surface area contributed by atoms with Crippen LogP contribution >= 0.6 is 11.3 Å². The fourth-order valence-corrected chi connectivity index (χ4v) is 5.98. The van der Waals surface area contributed by atoms with Gasteiger partial charge in [0.1, 0.15) is 10.4 Å². The number of amides is 2. The molecule has 168 valence electrons. The number of hydrogen-bond acceptors (Lipinski definition) is 8. The molecule has 0 saturated carbocycles. The smallest absolute Gasteiger partial charge is 0.309 e. The van der Waals surface area contributed by atoms with Crippen LogP contribution in [0.4, 0.5) is 0 Å². The maximum atomic E-state index is 12.8. The molecule has 2 saturated heterocycles. The number of thiophene rings is 1. The molecular weight excluding hydrogens is 432 g/mol. The summed E-state index contributed by atoms with van der Waals surface area (Å²) in [6, 6.07) is 3.21. The Morgan fingerprint density at radius 3 is 2.63 bits per heavy atom. The second-order valence-corrected chi connectivity index (χ2v) is 10.1. The summed E-state index contributed by atoms with van der Waals surface area (Å²) in [6.45, 7) is 5.01. The molecular formula is C18H28N4O6S2. The lowest BCUT2D eigenvalue weighted by Gasteiger charge is -2.34. The molecule has 0 aliphatic carbocycles. The molecule has 3 heterocycles. The van der Waals surface area contributed by atoms with Gasteiger partial charge in [0.05, 0.1) is 26.4 Å². The molecule has 2 fully saturated rings. The van der Waals surface area contributed by atoms with Crippen molar-refractivity contribution in [3.63, 3.8) is 0 Å². The molecule has 0 bridgehead atoms. The summed E-state index contributed by atoms with van der Waals surface area (Å²) in [5.41, 5.74) is 0. The number of carbonyl (C=O) groups excluding carboxylic acids is 2. The highest BCUT2D eigenvalue weighted by Crippen LogP contribution is 2.25. The summed E-state index contributed by atoms with van der Waals surface area (Å²) in [6.07, 6.45) is 0.458. The van der Waals surface area contributed by atoms with Crippen molar-refractivity contribution < 1.29 is 27.5 Å². The van der Waals surface area contributed by atoms with Crippen molar-refractivity contribution in [3.05, 3.63) is 17.5 Å². The lowest BCUT2D eigenvalue weighted by molar-refractivity contribution is -0.140. The second kappa shape index (κ2) is 11.2. The first-order chi connectivity index (χ1) is 14.5. The first-order valence-electron chi connectivity index (χ1n) is 10.0. The lowest BCUT2D eigenvalue weighted by atomic mass is 10.3. The van der Waals surface area contributed by atoms with Crippen LogP contribution in [0.2, 0.25) is 0 Å². The van der Waals surface area contributed by atoms with Crippen molar-refractivity contribution in [3.8, 4) is 0 Å². The monoisotopic (exact) mass is 460 g/mol. The zero-order valence-corrected chi connectivity index (χ0v) is 18.4. The first-order valence-corrected chi connectivity index (χ1v) is 12.3. The molecule has 2 aliphatic heterocycles. The van der Waals surface area contributed by atoms with E-state index in [0.29, 0.717) is 26.1 Å². The van der Waals surface area contributed by atoms with Crippen LogP contribution in [0.3, 0.4) is 0 Å². The molecule has 2 amide bonds. The van der Waals surface area contributed by atoms with Gasteiger partial charge in [-0.2, -0.15) is 4.31 Å². The highest BCUT2D eigenvalue weighted by atomic mass is 32.2. The van der Waals surface area contributed by atoms with Gasteiger partial charge in [0, 0.05) is 26.2 Å². The number of nitrogens with one attached hydrogen (secondary N) is 2. The number of ether oxygens (including phenoxy) is 2. The molecule has 12 heteroatoms. The molecule has 1 atom stereocenters. The van der Waals surface area contributed by atoms with Crippen molar-refractivity contribution in [2.24, 2.45) is 0 Å². The number of carbonyl (C=O) groups is 2. The Labute approximate surface area is 180 Å². The molecule has 10 nitrogen and oxygen atoms in total. The topological polar surface area (TPSA) is 117 Å². The predicted octanol–water partition coefficient (Wildman–Crippen LogP) is -0.560. The van der Waals surface area contributed by atoms with E-state index in [1.807, 2.05) is 0 Å². The molecule has 1 unspecified atom stereocenters. The minimum absolute atomic E-state index is 0.0926. The van der Waals surface area contributed by atoms with Crippen molar-refractivity contribution in [2.45, 2.75) is 23.3 Å². The molecule has 1 aromatic heterocycles. The summed E-state index contributed by atoms with van der Waals surface area (Å²) in [5.74, 6) is -1.54. The van der Waals surface area contributed by atoms with E-state index in [0.717, 1.165) is 50.6 Å². The third kappa shape index (κ3) is 6.22. The van der Waals surface area contributed by atoms with Crippen molar-refractivity contribution in [1.29, 1.82) is 0 Å². The van der Waals surface area contributed by atoms with Crippen LogP contribution in [0.1, 0.15) is 12.8 Å². The SMILES string of the molecule is O=C(NCCCN1CCOCC1)C(=O)NCC1OCCCN1S(=O)(=O)c1cccs1. The van der Waals surface area contributed by atoms with Crippen molar-refractivity contribution >= 4 is 33.2 Å². The van der Waals surface area contributed by atoms with E-state index in [4.69, 9.17) is 9.47 Å². The maximum absolute atomic E-state index is 12.8. The second-order valence-electron chi connectivity index (χ2n) is 7.00. The summed E-state index contributed by atoms with van der Waals surface area (Å²) >= 11 is 1.13. The number of sulfonamides is 1. The zero-order chi connectivity index (χ0) is 21.4. The summed E-state index contributed by atoms with van der Waals surface area (Å²) in [4.78, 5) is 26.3. The summed E-state index contributed by atoms with van der Waals surface area (Å²) in [5, 5.41) is 6.77. The Balaban J connectivity index is 1.42. The van der Waals surface area contributed by atoms with Crippen LogP contribution in [0.25, 0.3) is 0 Å². The van der Waals surface area contributed by atoms with Crippen LogP contribution < -0.4 is 10.6 Å². The Hall–Kier alpha value is -1.57. The summed E-state index contributed by atoms with van der Waals surface area (Å²) < 4.78 is 37.9. The third-order valence-corrected chi connectivity index (χ3v) is 8.16. The average Bonchev–Trinajstić information content (AvgIpc) is 3.32. The van der Waals surface area contributed by atoms with E-state index in [1.54, 1.807) is 11.4 Å². The average molecular weight is 461 g/mol. The minimum Gasteiger partial charge on any atom is -0.379 e. The molecule has 2 aliphatic rings.